The Morgan fingerprint density at radius 1 is 1.20 bits per heavy atom. The molecule has 0 fully saturated rings. The first-order valence-corrected chi connectivity index (χ1v) is 6.34. The van der Waals surface area contributed by atoms with Crippen molar-refractivity contribution in [1.82, 2.24) is 0 Å². The third kappa shape index (κ3) is 2.60. The standard InChI is InChI=1S/C15H13ClFNO2/c1-15(14(19)20,10-6-2-4-8-12(10)17)18-13-9-5-3-7-11(13)16/h2-9,18H,1H3,(H,19,20). The first-order valence-electron chi connectivity index (χ1n) is 5.96. The molecule has 0 amide bonds. The van der Waals surface area contributed by atoms with Crippen LogP contribution >= 0.6 is 11.6 Å². The number of aliphatic carboxylic acids is 1. The summed E-state index contributed by atoms with van der Waals surface area (Å²) in [4.78, 5) is 11.6. The van der Waals surface area contributed by atoms with Gasteiger partial charge in [-0.25, -0.2) is 9.18 Å². The highest BCUT2D eigenvalue weighted by Crippen LogP contribution is 2.31. The van der Waals surface area contributed by atoms with Gasteiger partial charge in [-0.05, 0) is 25.1 Å². The number of rotatable bonds is 4. The Hall–Kier alpha value is -2.07. The van der Waals surface area contributed by atoms with Crippen molar-refractivity contribution in [3.63, 3.8) is 0 Å². The van der Waals surface area contributed by atoms with Crippen LogP contribution in [0.15, 0.2) is 48.5 Å². The van der Waals surface area contributed by atoms with Crippen LogP contribution in [0, 0.1) is 5.82 Å². The zero-order valence-corrected chi connectivity index (χ0v) is 11.5. The lowest BCUT2D eigenvalue weighted by atomic mass is 9.91. The van der Waals surface area contributed by atoms with E-state index in [-0.39, 0.29) is 5.56 Å². The second kappa shape index (κ2) is 5.51. The summed E-state index contributed by atoms with van der Waals surface area (Å²) >= 11 is 6.01. The maximum absolute atomic E-state index is 13.9. The summed E-state index contributed by atoms with van der Waals surface area (Å²) < 4.78 is 13.9. The lowest BCUT2D eigenvalue weighted by Gasteiger charge is -2.28. The summed E-state index contributed by atoms with van der Waals surface area (Å²) in [7, 11) is 0. The average Bonchev–Trinajstić information content (AvgIpc) is 2.41. The largest absolute Gasteiger partial charge is 0.479 e. The molecular formula is C15H13ClFNO2. The molecule has 0 heterocycles. The molecule has 0 aliphatic rings. The van der Waals surface area contributed by atoms with Crippen LogP contribution in [0.2, 0.25) is 5.02 Å². The summed E-state index contributed by atoms with van der Waals surface area (Å²) in [6, 6.07) is 12.5. The Morgan fingerprint density at radius 3 is 2.40 bits per heavy atom. The summed E-state index contributed by atoms with van der Waals surface area (Å²) in [6.45, 7) is 1.40. The van der Waals surface area contributed by atoms with Crippen LogP contribution in [0.5, 0.6) is 0 Å². The summed E-state index contributed by atoms with van der Waals surface area (Å²) in [6.07, 6.45) is 0. The van der Waals surface area contributed by atoms with Crippen molar-refractivity contribution in [2.24, 2.45) is 0 Å². The number of nitrogens with one attached hydrogen (secondary N) is 1. The van der Waals surface area contributed by atoms with Crippen LogP contribution in [-0.2, 0) is 10.3 Å². The third-order valence-corrected chi connectivity index (χ3v) is 3.43. The van der Waals surface area contributed by atoms with E-state index in [2.05, 4.69) is 5.32 Å². The highest BCUT2D eigenvalue weighted by molar-refractivity contribution is 6.33. The molecule has 0 saturated heterocycles. The van der Waals surface area contributed by atoms with E-state index < -0.39 is 17.3 Å². The van der Waals surface area contributed by atoms with Gasteiger partial charge in [0.1, 0.15) is 5.82 Å². The smallest absolute Gasteiger partial charge is 0.333 e. The molecule has 0 aliphatic heterocycles. The fourth-order valence-corrected chi connectivity index (χ4v) is 2.12. The molecule has 0 spiro atoms. The number of carbonyl (C=O) groups is 1. The Labute approximate surface area is 121 Å². The van der Waals surface area contributed by atoms with Gasteiger partial charge in [0.05, 0.1) is 10.7 Å². The van der Waals surface area contributed by atoms with Gasteiger partial charge in [-0.15, -0.1) is 0 Å². The molecule has 0 aliphatic carbocycles. The molecule has 3 nitrogen and oxygen atoms in total. The van der Waals surface area contributed by atoms with Gasteiger partial charge in [-0.1, -0.05) is 41.9 Å². The molecule has 5 heteroatoms. The van der Waals surface area contributed by atoms with Crippen molar-refractivity contribution < 1.29 is 14.3 Å². The van der Waals surface area contributed by atoms with Crippen molar-refractivity contribution in [2.45, 2.75) is 12.5 Å². The molecule has 1 atom stereocenters. The van der Waals surface area contributed by atoms with E-state index in [4.69, 9.17) is 11.6 Å². The second-order valence-electron chi connectivity index (χ2n) is 4.51. The van der Waals surface area contributed by atoms with Gasteiger partial charge in [0, 0.05) is 5.56 Å². The molecule has 0 bridgehead atoms. The summed E-state index contributed by atoms with van der Waals surface area (Å²) in [5.74, 6) is -1.78. The molecule has 20 heavy (non-hydrogen) atoms. The van der Waals surface area contributed by atoms with E-state index in [1.54, 1.807) is 30.3 Å². The van der Waals surface area contributed by atoms with E-state index in [1.807, 2.05) is 0 Å². The highest BCUT2D eigenvalue weighted by atomic mass is 35.5. The number of halogens is 2. The second-order valence-corrected chi connectivity index (χ2v) is 4.92. The highest BCUT2D eigenvalue weighted by Gasteiger charge is 2.37. The predicted octanol–water partition coefficient (Wildman–Crippen LogP) is 3.89. The number of hydrogen-bond acceptors (Lipinski definition) is 2. The maximum Gasteiger partial charge on any atom is 0.333 e. The molecule has 0 saturated carbocycles. The predicted molar refractivity (Wildman–Crippen MR) is 76.5 cm³/mol. The van der Waals surface area contributed by atoms with Gasteiger partial charge >= 0.3 is 5.97 Å². The van der Waals surface area contributed by atoms with Crippen molar-refractivity contribution in [1.29, 1.82) is 0 Å². The molecule has 0 aromatic heterocycles. The quantitative estimate of drug-likeness (QED) is 0.899. The van der Waals surface area contributed by atoms with Crippen molar-refractivity contribution in [3.05, 3.63) is 64.9 Å². The van der Waals surface area contributed by atoms with E-state index in [0.717, 1.165) is 0 Å². The van der Waals surface area contributed by atoms with Gasteiger partial charge in [0.15, 0.2) is 5.54 Å². The third-order valence-electron chi connectivity index (χ3n) is 3.10. The topological polar surface area (TPSA) is 49.3 Å². The van der Waals surface area contributed by atoms with Crippen molar-refractivity contribution in [2.75, 3.05) is 5.32 Å². The molecule has 1 unspecified atom stereocenters. The first kappa shape index (κ1) is 14.3. The van der Waals surface area contributed by atoms with Crippen LogP contribution in [-0.4, -0.2) is 11.1 Å². The number of carboxylic acid groups (broad SMARTS) is 1. The lowest BCUT2D eigenvalue weighted by molar-refractivity contribution is -0.142. The lowest BCUT2D eigenvalue weighted by Crippen LogP contribution is -2.41. The van der Waals surface area contributed by atoms with E-state index in [1.165, 1.54) is 25.1 Å². The summed E-state index contributed by atoms with van der Waals surface area (Å²) in [5.41, 5.74) is -1.13. The molecule has 104 valence electrons. The number of para-hydroxylation sites is 1. The first-order chi connectivity index (χ1) is 9.45. The van der Waals surface area contributed by atoms with Crippen LogP contribution in [0.4, 0.5) is 10.1 Å². The van der Waals surface area contributed by atoms with Crippen LogP contribution < -0.4 is 5.32 Å². The van der Waals surface area contributed by atoms with Crippen molar-refractivity contribution >= 4 is 23.3 Å². The normalized spacial score (nSPS) is 13.6. The van der Waals surface area contributed by atoms with Gasteiger partial charge in [0.25, 0.3) is 0 Å². The minimum Gasteiger partial charge on any atom is -0.479 e. The number of hydrogen-bond donors (Lipinski definition) is 2. The fourth-order valence-electron chi connectivity index (χ4n) is 1.93. The monoisotopic (exact) mass is 293 g/mol. The molecule has 2 aromatic rings. The average molecular weight is 294 g/mol. The van der Waals surface area contributed by atoms with Crippen LogP contribution in [0.1, 0.15) is 12.5 Å². The Kier molecular flexibility index (Phi) is 3.95. The summed E-state index contributed by atoms with van der Waals surface area (Å²) in [5, 5.41) is 12.7. The molecule has 2 rings (SSSR count). The van der Waals surface area contributed by atoms with Gasteiger partial charge in [-0.2, -0.15) is 0 Å². The van der Waals surface area contributed by atoms with Gasteiger partial charge in [0.2, 0.25) is 0 Å². The minimum atomic E-state index is -1.61. The minimum absolute atomic E-state index is 0.0485. The maximum atomic E-state index is 13.9. The van der Waals surface area contributed by atoms with Crippen LogP contribution in [0.25, 0.3) is 0 Å². The van der Waals surface area contributed by atoms with Gasteiger partial charge in [-0.3, -0.25) is 0 Å². The molecule has 0 radical (unpaired) electrons. The van der Waals surface area contributed by atoms with Crippen LogP contribution in [0.3, 0.4) is 0 Å². The van der Waals surface area contributed by atoms with Gasteiger partial charge < -0.3 is 10.4 Å². The number of carboxylic acids is 1. The van der Waals surface area contributed by atoms with E-state index in [9.17, 15) is 14.3 Å². The number of anilines is 1. The molecule has 2 N–H and O–H groups in total. The fraction of sp³-hybridized carbons (Fsp3) is 0.133. The van der Waals surface area contributed by atoms with Crippen molar-refractivity contribution in [3.8, 4) is 0 Å². The number of benzene rings is 2. The van der Waals surface area contributed by atoms with E-state index in [0.29, 0.717) is 10.7 Å². The Balaban J connectivity index is 2.49. The zero-order chi connectivity index (χ0) is 14.8. The Morgan fingerprint density at radius 2 is 1.80 bits per heavy atom. The van der Waals surface area contributed by atoms with E-state index >= 15 is 0 Å². The molecular weight excluding hydrogens is 281 g/mol. The zero-order valence-electron chi connectivity index (χ0n) is 10.7. The SMILES string of the molecule is CC(Nc1ccccc1Cl)(C(=O)O)c1ccccc1F. The molecule has 2 aromatic carbocycles. The Bertz CT molecular complexity index is 647.